The van der Waals surface area contributed by atoms with Crippen LogP contribution in [0.4, 0.5) is 19.0 Å². The third kappa shape index (κ3) is 3.00. The van der Waals surface area contributed by atoms with Gasteiger partial charge in [0.15, 0.2) is 11.6 Å². The Balaban J connectivity index is 3.41. The Morgan fingerprint density at radius 1 is 1.50 bits per heavy atom. The number of aromatic nitrogens is 1. The first kappa shape index (κ1) is 14.0. The zero-order valence-electron chi connectivity index (χ0n) is 9.25. The number of halogens is 3. The highest BCUT2D eigenvalue weighted by Gasteiger charge is 2.35. The number of nitrogens with two attached hydrogens (primary N) is 2. The summed E-state index contributed by atoms with van der Waals surface area (Å²) in [5, 5.41) is 0. The number of carbonyl (C=O) groups excluding carboxylic acids is 1. The van der Waals surface area contributed by atoms with E-state index in [9.17, 15) is 18.0 Å². The second-order valence-electron chi connectivity index (χ2n) is 3.12. The van der Waals surface area contributed by atoms with Gasteiger partial charge in [-0.15, -0.1) is 13.2 Å². The van der Waals surface area contributed by atoms with E-state index in [0.29, 0.717) is 0 Å². The molecule has 6 nitrogen and oxygen atoms in total. The molecule has 0 aliphatic carbocycles. The van der Waals surface area contributed by atoms with Crippen LogP contribution >= 0.6 is 0 Å². The molecule has 0 atom stereocenters. The van der Waals surface area contributed by atoms with Gasteiger partial charge in [0, 0.05) is 18.3 Å². The molecular weight excluding hydrogens is 255 g/mol. The van der Waals surface area contributed by atoms with Gasteiger partial charge in [-0.25, -0.2) is 9.78 Å². The van der Waals surface area contributed by atoms with Gasteiger partial charge in [-0.2, -0.15) is 0 Å². The Morgan fingerprint density at radius 2 is 2.11 bits per heavy atom. The number of hydrogen-bond donors (Lipinski definition) is 2. The fourth-order valence-electron chi connectivity index (χ4n) is 1.24. The third-order valence-electron chi connectivity index (χ3n) is 1.97. The summed E-state index contributed by atoms with van der Waals surface area (Å²) in [6, 6.07) is 0. The van der Waals surface area contributed by atoms with E-state index in [1.807, 2.05) is 0 Å². The normalized spacial score (nSPS) is 11.2. The quantitative estimate of drug-likeness (QED) is 0.784. The van der Waals surface area contributed by atoms with E-state index in [1.165, 1.54) is 0 Å². The Morgan fingerprint density at radius 3 is 2.56 bits per heavy atom. The minimum Gasteiger partial charge on any atom is -0.465 e. The molecule has 0 spiro atoms. The number of nitrogen functional groups attached to an aromatic ring is 1. The predicted molar refractivity (Wildman–Crippen MR) is 54.6 cm³/mol. The number of esters is 1. The number of hydrogen-bond acceptors (Lipinski definition) is 6. The van der Waals surface area contributed by atoms with Crippen LogP contribution in [-0.2, 0) is 11.3 Å². The zero-order valence-corrected chi connectivity index (χ0v) is 9.25. The first-order valence-corrected chi connectivity index (χ1v) is 4.61. The van der Waals surface area contributed by atoms with Crippen LogP contribution in [0.25, 0.3) is 0 Å². The molecule has 18 heavy (non-hydrogen) atoms. The number of nitrogens with zero attached hydrogens (tertiary/aromatic N) is 1. The molecular formula is C9H10F3N3O3. The molecule has 1 rings (SSSR count). The Kier molecular flexibility index (Phi) is 3.96. The second-order valence-corrected chi connectivity index (χ2v) is 3.12. The van der Waals surface area contributed by atoms with Gasteiger partial charge in [-0.3, -0.25) is 0 Å². The standard InChI is InChI=1S/C9H10F3N3O3/c1-17-8(16)5-4(2-13)3-15-7(14)6(5)18-9(10,11)12/h3H,2,13H2,1H3,(H2,14,15). The Labute approximate surface area is 99.7 Å². The van der Waals surface area contributed by atoms with E-state index in [1.54, 1.807) is 0 Å². The second kappa shape index (κ2) is 5.08. The third-order valence-corrected chi connectivity index (χ3v) is 1.97. The lowest BCUT2D eigenvalue weighted by molar-refractivity contribution is -0.274. The number of carbonyl (C=O) groups is 1. The van der Waals surface area contributed by atoms with Crippen molar-refractivity contribution >= 4 is 11.8 Å². The van der Waals surface area contributed by atoms with Gasteiger partial charge in [0.25, 0.3) is 0 Å². The Hall–Kier alpha value is -2.03. The molecule has 0 fully saturated rings. The molecule has 100 valence electrons. The highest BCUT2D eigenvalue weighted by Crippen LogP contribution is 2.33. The van der Waals surface area contributed by atoms with Crippen molar-refractivity contribution in [2.24, 2.45) is 5.73 Å². The number of methoxy groups -OCH3 is 1. The lowest BCUT2D eigenvalue weighted by Crippen LogP contribution is -2.22. The molecule has 0 radical (unpaired) electrons. The minimum absolute atomic E-state index is 0.0373. The summed E-state index contributed by atoms with van der Waals surface area (Å²) in [5.74, 6) is -2.52. The number of pyridine rings is 1. The lowest BCUT2D eigenvalue weighted by Gasteiger charge is -2.15. The molecule has 0 saturated carbocycles. The molecule has 1 aromatic rings. The van der Waals surface area contributed by atoms with E-state index in [0.717, 1.165) is 13.3 Å². The van der Waals surface area contributed by atoms with Crippen LogP contribution in [0.1, 0.15) is 15.9 Å². The monoisotopic (exact) mass is 265 g/mol. The maximum Gasteiger partial charge on any atom is 0.573 e. The maximum absolute atomic E-state index is 12.2. The summed E-state index contributed by atoms with van der Waals surface area (Å²) in [5.41, 5.74) is 10.1. The Bertz CT molecular complexity index is 462. The highest BCUT2D eigenvalue weighted by molar-refractivity contribution is 5.95. The van der Waals surface area contributed by atoms with E-state index in [2.05, 4.69) is 14.5 Å². The molecule has 0 aliphatic rings. The van der Waals surface area contributed by atoms with E-state index in [-0.39, 0.29) is 12.1 Å². The summed E-state index contributed by atoms with van der Waals surface area (Å²) < 4.78 is 44.7. The molecule has 4 N–H and O–H groups in total. The average Bonchev–Trinajstić information content (AvgIpc) is 2.29. The largest absolute Gasteiger partial charge is 0.573 e. The van der Waals surface area contributed by atoms with Crippen molar-refractivity contribution in [1.29, 1.82) is 0 Å². The lowest BCUT2D eigenvalue weighted by atomic mass is 10.1. The van der Waals surface area contributed by atoms with Gasteiger partial charge in [0.1, 0.15) is 5.56 Å². The highest BCUT2D eigenvalue weighted by atomic mass is 19.4. The summed E-state index contributed by atoms with van der Waals surface area (Å²) in [6.45, 7) is -0.216. The van der Waals surface area contributed by atoms with Crippen molar-refractivity contribution in [3.8, 4) is 5.75 Å². The van der Waals surface area contributed by atoms with Crippen molar-refractivity contribution in [2.75, 3.05) is 12.8 Å². The molecule has 9 heteroatoms. The van der Waals surface area contributed by atoms with Gasteiger partial charge >= 0.3 is 12.3 Å². The fourth-order valence-corrected chi connectivity index (χ4v) is 1.24. The van der Waals surface area contributed by atoms with E-state index >= 15 is 0 Å². The fraction of sp³-hybridized carbons (Fsp3) is 0.333. The molecule has 0 aromatic carbocycles. The van der Waals surface area contributed by atoms with Crippen LogP contribution in [0.2, 0.25) is 0 Å². The van der Waals surface area contributed by atoms with Crippen molar-refractivity contribution in [3.05, 3.63) is 17.3 Å². The predicted octanol–water partition coefficient (Wildman–Crippen LogP) is 0.808. The van der Waals surface area contributed by atoms with Crippen molar-refractivity contribution in [2.45, 2.75) is 12.9 Å². The number of ether oxygens (including phenoxy) is 2. The summed E-state index contributed by atoms with van der Waals surface area (Å²) in [7, 11) is 1.01. The van der Waals surface area contributed by atoms with Gasteiger partial charge in [-0.1, -0.05) is 0 Å². The van der Waals surface area contributed by atoms with Crippen LogP contribution in [0.15, 0.2) is 6.20 Å². The molecule has 0 aliphatic heterocycles. The van der Waals surface area contributed by atoms with Crippen LogP contribution in [0.5, 0.6) is 5.75 Å². The van der Waals surface area contributed by atoms with Crippen LogP contribution in [0.3, 0.4) is 0 Å². The van der Waals surface area contributed by atoms with Gasteiger partial charge in [-0.05, 0) is 0 Å². The van der Waals surface area contributed by atoms with Gasteiger partial charge < -0.3 is 20.9 Å². The van der Waals surface area contributed by atoms with Crippen molar-refractivity contribution in [3.63, 3.8) is 0 Å². The molecule has 0 amide bonds. The zero-order chi connectivity index (χ0) is 13.9. The first-order valence-electron chi connectivity index (χ1n) is 4.61. The minimum atomic E-state index is -5.01. The van der Waals surface area contributed by atoms with Crippen LogP contribution < -0.4 is 16.2 Å². The molecule has 1 aromatic heterocycles. The topological polar surface area (TPSA) is 100 Å². The number of anilines is 1. The van der Waals surface area contributed by atoms with Crippen molar-refractivity contribution in [1.82, 2.24) is 4.98 Å². The van der Waals surface area contributed by atoms with Crippen LogP contribution in [0, 0.1) is 0 Å². The summed E-state index contributed by atoms with van der Waals surface area (Å²) in [4.78, 5) is 14.9. The number of alkyl halides is 3. The first-order chi connectivity index (χ1) is 8.30. The molecule has 0 saturated heterocycles. The van der Waals surface area contributed by atoms with Gasteiger partial charge in [0.2, 0.25) is 0 Å². The van der Waals surface area contributed by atoms with Crippen molar-refractivity contribution < 1.29 is 27.4 Å². The van der Waals surface area contributed by atoms with E-state index < -0.39 is 29.5 Å². The van der Waals surface area contributed by atoms with E-state index in [4.69, 9.17) is 11.5 Å². The molecule has 1 heterocycles. The number of rotatable bonds is 3. The summed E-state index contributed by atoms with van der Waals surface area (Å²) >= 11 is 0. The molecule has 0 bridgehead atoms. The maximum atomic E-state index is 12.2. The average molecular weight is 265 g/mol. The summed E-state index contributed by atoms with van der Waals surface area (Å²) in [6.07, 6.45) is -3.92. The smallest absolute Gasteiger partial charge is 0.465 e. The molecule has 0 unspecified atom stereocenters. The SMILES string of the molecule is COC(=O)c1c(CN)cnc(N)c1OC(F)(F)F. The van der Waals surface area contributed by atoms with Gasteiger partial charge in [0.05, 0.1) is 7.11 Å². The van der Waals surface area contributed by atoms with Crippen LogP contribution in [-0.4, -0.2) is 24.4 Å².